The van der Waals surface area contributed by atoms with Crippen molar-refractivity contribution in [2.24, 2.45) is 0 Å². The molecule has 0 aliphatic heterocycles. The largest absolute Gasteiger partial charge is 0.368 e. The molecule has 0 unspecified atom stereocenters. The van der Waals surface area contributed by atoms with Crippen LogP contribution in [0.2, 0.25) is 0 Å². The molecule has 0 radical (unpaired) electrons. The molecule has 50 valence electrons. The lowest BCUT2D eigenvalue weighted by Crippen LogP contribution is -1.92. The lowest BCUT2D eigenvalue weighted by molar-refractivity contribution is 1.22. The third-order valence-electron chi connectivity index (χ3n) is 1.32. The first-order valence-electron chi connectivity index (χ1n) is 2.92. The summed E-state index contributed by atoms with van der Waals surface area (Å²) in [6.45, 7) is 0. The number of aromatic amines is 1. The van der Waals surface area contributed by atoms with Crippen LogP contribution in [0.3, 0.4) is 0 Å². The Bertz CT molecular complexity index is 351. The zero-order valence-electron chi connectivity index (χ0n) is 5.20. The smallest absolute Gasteiger partial charge is 0.221 e. The fourth-order valence-corrected chi connectivity index (χ4v) is 0.853. The predicted molar refractivity (Wildman–Crippen MR) is 38.3 cm³/mol. The minimum Gasteiger partial charge on any atom is -0.368 e. The van der Waals surface area contributed by atoms with Crippen molar-refractivity contribution in [3.8, 4) is 0 Å². The summed E-state index contributed by atoms with van der Waals surface area (Å²) in [5.74, 6) is 0.301. The molecule has 3 N–H and O–H groups in total. The van der Waals surface area contributed by atoms with Gasteiger partial charge in [0.15, 0.2) is 0 Å². The Hall–Kier alpha value is -1.58. The molecular formula is C6H6N4. The number of aromatic nitrogens is 3. The van der Waals surface area contributed by atoms with Crippen molar-refractivity contribution >= 4 is 17.0 Å². The zero-order valence-corrected chi connectivity index (χ0v) is 5.20. The molecule has 0 aliphatic carbocycles. The van der Waals surface area contributed by atoms with E-state index in [2.05, 4.69) is 15.0 Å². The average molecular weight is 134 g/mol. The van der Waals surface area contributed by atoms with E-state index in [0.29, 0.717) is 5.95 Å². The highest BCUT2D eigenvalue weighted by molar-refractivity contribution is 5.74. The molecule has 0 amide bonds. The van der Waals surface area contributed by atoms with E-state index in [0.717, 1.165) is 11.0 Å². The van der Waals surface area contributed by atoms with Gasteiger partial charge in [-0.3, -0.25) is 0 Å². The van der Waals surface area contributed by atoms with Crippen LogP contribution in [0.5, 0.6) is 0 Å². The fourth-order valence-electron chi connectivity index (χ4n) is 0.853. The van der Waals surface area contributed by atoms with Gasteiger partial charge in [0, 0.05) is 17.8 Å². The van der Waals surface area contributed by atoms with Crippen LogP contribution in [0.25, 0.3) is 11.0 Å². The molecular weight excluding hydrogens is 128 g/mol. The lowest BCUT2D eigenvalue weighted by atomic mass is 10.4. The maximum Gasteiger partial charge on any atom is 0.221 e. The number of fused-ring (bicyclic) bond motifs is 1. The van der Waals surface area contributed by atoms with Crippen molar-refractivity contribution < 1.29 is 0 Å². The van der Waals surface area contributed by atoms with Crippen LogP contribution in [0, 0.1) is 0 Å². The van der Waals surface area contributed by atoms with Gasteiger partial charge in [0.05, 0.1) is 0 Å². The molecule has 2 rings (SSSR count). The zero-order chi connectivity index (χ0) is 6.97. The van der Waals surface area contributed by atoms with Gasteiger partial charge in [-0.2, -0.15) is 4.98 Å². The third-order valence-corrected chi connectivity index (χ3v) is 1.32. The number of hydrogen-bond donors (Lipinski definition) is 2. The first-order chi connectivity index (χ1) is 4.86. The second-order valence-corrected chi connectivity index (χ2v) is 2.01. The Balaban J connectivity index is 2.86. The molecule has 2 heterocycles. The summed E-state index contributed by atoms with van der Waals surface area (Å²) < 4.78 is 0. The number of H-pyrrole nitrogens is 1. The van der Waals surface area contributed by atoms with Crippen LogP contribution < -0.4 is 5.73 Å². The summed E-state index contributed by atoms with van der Waals surface area (Å²) in [6, 6.07) is 1.90. The maximum absolute atomic E-state index is 5.34. The van der Waals surface area contributed by atoms with Crippen molar-refractivity contribution in [1.29, 1.82) is 0 Å². The summed E-state index contributed by atoms with van der Waals surface area (Å²) in [5.41, 5.74) is 6.13. The number of nitrogens with one attached hydrogen (secondary N) is 1. The van der Waals surface area contributed by atoms with Crippen LogP contribution >= 0.6 is 0 Å². The summed E-state index contributed by atoms with van der Waals surface area (Å²) >= 11 is 0. The first-order valence-corrected chi connectivity index (χ1v) is 2.92. The van der Waals surface area contributed by atoms with E-state index in [1.807, 2.05) is 6.07 Å². The molecule has 4 heteroatoms. The number of nitrogens with zero attached hydrogens (tertiary/aromatic N) is 2. The van der Waals surface area contributed by atoms with Gasteiger partial charge in [-0.15, -0.1) is 0 Å². The first kappa shape index (κ1) is 5.22. The van der Waals surface area contributed by atoms with Crippen molar-refractivity contribution in [3.63, 3.8) is 0 Å². The van der Waals surface area contributed by atoms with Gasteiger partial charge in [-0.1, -0.05) is 0 Å². The highest BCUT2D eigenvalue weighted by atomic mass is 15.0. The third kappa shape index (κ3) is 0.621. The Morgan fingerprint density at radius 1 is 1.50 bits per heavy atom. The van der Waals surface area contributed by atoms with Crippen LogP contribution in [-0.2, 0) is 0 Å². The molecule has 0 aromatic carbocycles. The van der Waals surface area contributed by atoms with Gasteiger partial charge in [-0.05, 0) is 6.07 Å². The normalized spacial score (nSPS) is 10.4. The molecule has 4 nitrogen and oxygen atoms in total. The van der Waals surface area contributed by atoms with Gasteiger partial charge >= 0.3 is 0 Å². The molecule has 0 fully saturated rings. The Morgan fingerprint density at radius 3 is 3.30 bits per heavy atom. The molecule has 0 bridgehead atoms. The Morgan fingerprint density at radius 2 is 2.40 bits per heavy atom. The summed E-state index contributed by atoms with van der Waals surface area (Å²) in [7, 11) is 0. The molecule has 0 spiro atoms. The second kappa shape index (κ2) is 1.70. The number of nitrogens with two attached hydrogens (primary N) is 1. The summed E-state index contributed by atoms with van der Waals surface area (Å²) in [5, 5.41) is 0.981. The Labute approximate surface area is 57.1 Å². The monoisotopic (exact) mass is 134 g/mol. The summed E-state index contributed by atoms with van der Waals surface area (Å²) in [6.07, 6.45) is 3.49. The maximum atomic E-state index is 5.34. The minimum absolute atomic E-state index is 0.301. The number of hydrogen-bond acceptors (Lipinski definition) is 3. The molecule has 0 saturated carbocycles. The van der Waals surface area contributed by atoms with E-state index in [1.165, 1.54) is 0 Å². The van der Waals surface area contributed by atoms with Gasteiger partial charge in [0.1, 0.15) is 5.65 Å². The Kier molecular flexibility index (Phi) is 0.887. The topological polar surface area (TPSA) is 67.6 Å². The van der Waals surface area contributed by atoms with Crippen LogP contribution in [0.1, 0.15) is 0 Å². The van der Waals surface area contributed by atoms with Gasteiger partial charge in [0.25, 0.3) is 0 Å². The molecule has 0 atom stereocenters. The van der Waals surface area contributed by atoms with Crippen LogP contribution in [0.15, 0.2) is 18.5 Å². The second-order valence-electron chi connectivity index (χ2n) is 2.01. The minimum atomic E-state index is 0.301. The molecule has 2 aromatic rings. The molecule has 0 saturated heterocycles. The average Bonchev–Trinajstić information content (AvgIpc) is 2.33. The molecule has 10 heavy (non-hydrogen) atoms. The SMILES string of the molecule is Nc1ncc2cc[nH]c2n1. The van der Waals surface area contributed by atoms with Crippen molar-refractivity contribution in [2.45, 2.75) is 0 Å². The highest BCUT2D eigenvalue weighted by Crippen LogP contribution is 2.07. The fraction of sp³-hybridized carbons (Fsp3) is 0. The number of nitrogen functional groups attached to an aromatic ring is 1. The molecule has 2 aromatic heterocycles. The predicted octanol–water partition coefficient (Wildman–Crippen LogP) is 0.540. The number of rotatable bonds is 0. The van der Waals surface area contributed by atoms with Gasteiger partial charge in [-0.25, -0.2) is 4.98 Å². The van der Waals surface area contributed by atoms with Crippen LogP contribution in [-0.4, -0.2) is 15.0 Å². The quantitative estimate of drug-likeness (QED) is 0.552. The van der Waals surface area contributed by atoms with Gasteiger partial charge in [0.2, 0.25) is 5.95 Å². The van der Waals surface area contributed by atoms with Crippen molar-refractivity contribution in [3.05, 3.63) is 18.5 Å². The van der Waals surface area contributed by atoms with E-state index < -0.39 is 0 Å². The van der Waals surface area contributed by atoms with E-state index >= 15 is 0 Å². The number of anilines is 1. The summed E-state index contributed by atoms with van der Waals surface area (Å²) in [4.78, 5) is 10.7. The van der Waals surface area contributed by atoms with E-state index in [4.69, 9.17) is 5.73 Å². The van der Waals surface area contributed by atoms with Crippen LogP contribution in [0.4, 0.5) is 5.95 Å². The van der Waals surface area contributed by atoms with E-state index in [1.54, 1.807) is 12.4 Å². The highest BCUT2D eigenvalue weighted by Gasteiger charge is 1.94. The van der Waals surface area contributed by atoms with Gasteiger partial charge < -0.3 is 10.7 Å². The van der Waals surface area contributed by atoms with Crippen molar-refractivity contribution in [1.82, 2.24) is 15.0 Å². The lowest BCUT2D eigenvalue weighted by Gasteiger charge is -1.88. The van der Waals surface area contributed by atoms with Crippen molar-refractivity contribution in [2.75, 3.05) is 5.73 Å². The standard InChI is InChI=1S/C6H6N4/c7-6-9-3-4-1-2-8-5(4)10-6/h1-3H,(H3,7,8,9,10). The van der Waals surface area contributed by atoms with E-state index in [9.17, 15) is 0 Å². The van der Waals surface area contributed by atoms with E-state index in [-0.39, 0.29) is 0 Å². The molecule has 0 aliphatic rings.